The first-order valence-corrected chi connectivity index (χ1v) is 5.97. The van der Waals surface area contributed by atoms with Gasteiger partial charge in [-0.05, 0) is 26.2 Å². The third-order valence-corrected chi connectivity index (χ3v) is 3.37. The molecule has 0 fully saturated rings. The second-order valence-corrected chi connectivity index (χ2v) is 5.01. The molecule has 0 spiro atoms. The molecule has 3 heteroatoms. The fraction of sp³-hybridized carbons (Fsp3) is 0.545. The van der Waals surface area contributed by atoms with Crippen LogP contribution in [0.4, 0.5) is 0 Å². The second kappa shape index (κ2) is 4.71. The fourth-order valence-corrected chi connectivity index (χ4v) is 2.45. The van der Waals surface area contributed by atoms with Crippen molar-refractivity contribution in [3.8, 4) is 0 Å². The van der Waals surface area contributed by atoms with E-state index in [-0.39, 0.29) is 0 Å². The van der Waals surface area contributed by atoms with Gasteiger partial charge in [0.05, 0.1) is 5.01 Å². The van der Waals surface area contributed by atoms with E-state index in [0.717, 1.165) is 11.6 Å². The zero-order chi connectivity index (χ0) is 9.80. The first kappa shape index (κ1) is 9.87. The van der Waals surface area contributed by atoms with E-state index in [1.54, 1.807) is 11.3 Å². The van der Waals surface area contributed by atoms with Crippen LogP contribution < -0.4 is 5.32 Å². The van der Waals surface area contributed by atoms with E-state index in [0.29, 0.717) is 6.04 Å². The maximum absolute atomic E-state index is 4.24. The Balaban J connectivity index is 1.82. The Morgan fingerprint density at radius 3 is 3.21 bits per heavy atom. The molecule has 1 aromatic rings. The Hall–Kier alpha value is -0.670. The summed E-state index contributed by atoms with van der Waals surface area (Å²) in [6, 6.07) is 0.575. The van der Waals surface area contributed by atoms with Gasteiger partial charge in [-0.2, -0.15) is 0 Å². The van der Waals surface area contributed by atoms with Crippen molar-refractivity contribution >= 4 is 11.3 Å². The standard InChI is InChI=1S/C11H16N2S/c1-9-12-7-11(14-9)8-13-10-5-3-2-4-6-10/h3,5,7,10,13H,2,4,6,8H2,1H3. The minimum Gasteiger partial charge on any atom is -0.306 e. The van der Waals surface area contributed by atoms with Crippen molar-refractivity contribution in [3.63, 3.8) is 0 Å². The van der Waals surface area contributed by atoms with Gasteiger partial charge in [0.2, 0.25) is 0 Å². The number of hydrogen-bond donors (Lipinski definition) is 1. The van der Waals surface area contributed by atoms with Crippen LogP contribution in [0.5, 0.6) is 0 Å². The quantitative estimate of drug-likeness (QED) is 0.772. The molecule has 0 saturated heterocycles. The fourth-order valence-electron chi connectivity index (χ4n) is 1.70. The van der Waals surface area contributed by atoms with E-state index < -0.39 is 0 Å². The number of aromatic nitrogens is 1. The lowest BCUT2D eigenvalue weighted by atomic mass is 10.0. The lowest BCUT2D eigenvalue weighted by molar-refractivity contribution is 0.524. The number of hydrogen-bond acceptors (Lipinski definition) is 3. The van der Waals surface area contributed by atoms with E-state index in [1.165, 1.54) is 24.1 Å². The van der Waals surface area contributed by atoms with Crippen LogP contribution in [0, 0.1) is 6.92 Å². The molecule has 1 aliphatic rings. The van der Waals surface area contributed by atoms with Gasteiger partial charge in [-0.1, -0.05) is 12.2 Å². The van der Waals surface area contributed by atoms with Crippen LogP contribution in [0.1, 0.15) is 29.1 Å². The normalized spacial score (nSPS) is 21.4. The first-order chi connectivity index (χ1) is 6.84. The molecule has 2 rings (SSSR count). The Bertz CT molecular complexity index is 317. The highest BCUT2D eigenvalue weighted by Gasteiger charge is 2.07. The molecule has 2 nitrogen and oxygen atoms in total. The number of thiazole rings is 1. The first-order valence-electron chi connectivity index (χ1n) is 5.16. The maximum Gasteiger partial charge on any atom is 0.0897 e. The Labute approximate surface area is 89.1 Å². The minimum atomic E-state index is 0.575. The molecule has 0 amide bonds. The average Bonchev–Trinajstić information content (AvgIpc) is 2.63. The number of nitrogens with zero attached hydrogens (tertiary/aromatic N) is 1. The van der Waals surface area contributed by atoms with Crippen molar-refractivity contribution in [1.29, 1.82) is 0 Å². The molecule has 0 bridgehead atoms. The van der Waals surface area contributed by atoms with Crippen LogP contribution in [0.3, 0.4) is 0 Å². The third kappa shape index (κ3) is 2.66. The van der Waals surface area contributed by atoms with Gasteiger partial charge in [0.25, 0.3) is 0 Å². The molecule has 0 aliphatic heterocycles. The molecule has 76 valence electrons. The van der Waals surface area contributed by atoms with Crippen molar-refractivity contribution in [2.24, 2.45) is 0 Å². The van der Waals surface area contributed by atoms with Crippen LogP contribution in [0.25, 0.3) is 0 Å². The Morgan fingerprint density at radius 1 is 1.64 bits per heavy atom. The van der Waals surface area contributed by atoms with Crippen molar-refractivity contribution in [2.75, 3.05) is 0 Å². The van der Waals surface area contributed by atoms with Gasteiger partial charge >= 0.3 is 0 Å². The summed E-state index contributed by atoms with van der Waals surface area (Å²) >= 11 is 1.78. The average molecular weight is 208 g/mol. The summed E-state index contributed by atoms with van der Waals surface area (Å²) in [5.41, 5.74) is 0. The van der Waals surface area contributed by atoms with Gasteiger partial charge in [-0.15, -0.1) is 11.3 Å². The molecule has 0 aromatic carbocycles. The van der Waals surface area contributed by atoms with Crippen LogP contribution in [-0.4, -0.2) is 11.0 Å². The number of nitrogens with one attached hydrogen (secondary N) is 1. The van der Waals surface area contributed by atoms with Gasteiger partial charge in [-0.25, -0.2) is 4.98 Å². The molecule has 0 saturated carbocycles. The highest BCUT2D eigenvalue weighted by molar-refractivity contribution is 7.11. The van der Waals surface area contributed by atoms with Gasteiger partial charge in [-0.3, -0.25) is 0 Å². The van der Waals surface area contributed by atoms with Gasteiger partial charge < -0.3 is 5.32 Å². The van der Waals surface area contributed by atoms with E-state index in [2.05, 4.69) is 29.4 Å². The number of allylic oxidation sites excluding steroid dienone is 1. The summed E-state index contributed by atoms with van der Waals surface area (Å²) in [5, 5.41) is 4.69. The zero-order valence-electron chi connectivity index (χ0n) is 8.49. The van der Waals surface area contributed by atoms with E-state index in [1.807, 2.05) is 6.20 Å². The monoisotopic (exact) mass is 208 g/mol. The summed E-state index contributed by atoms with van der Waals surface area (Å²) in [6.07, 6.45) is 10.4. The number of rotatable bonds is 3. The van der Waals surface area contributed by atoms with Crippen LogP contribution >= 0.6 is 11.3 Å². The van der Waals surface area contributed by atoms with Crippen molar-refractivity contribution < 1.29 is 0 Å². The lowest BCUT2D eigenvalue weighted by Crippen LogP contribution is -2.27. The number of aryl methyl sites for hydroxylation is 1. The summed E-state index contributed by atoms with van der Waals surface area (Å²) < 4.78 is 0. The topological polar surface area (TPSA) is 24.9 Å². The Kier molecular flexibility index (Phi) is 3.32. The molecule has 14 heavy (non-hydrogen) atoms. The molecule has 1 atom stereocenters. The second-order valence-electron chi connectivity index (χ2n) is 3.69. The smallest absolute Gasteiger partial charge is 0.0897 e. The largest absolute Gasteiger partial charge is 0.306 e. The summed E-state index contributed by atoms with van der Waals surface area (Å²) in [6.45, 7) is 3.01. The maximum atomic E-state index is 4.24. The Morgan fingerprint density at radius 2 is 2.57 bits per heavy atom. The molecule has 1 aromatic heterocycles. The molecule has 0 radical (unpaired) electrons. The van der Waals surface area contributed by atoms with E-state index in [9.17, 15) is 0 Å². The highest BCUT2D eigenvalue weighted by Crippen LogP contribution is 2.14. The minimum absolute atomic E-state index is 0.575. The van der Waals surface area contributed by atoms with Crippen molar-refractivity contribution in [3.05, 3.63) is 28.2 Å². The SMILES string of the molecule is Cc1ncc(CNC2C=CCCC2)s1. The summed E-state index contributed by atoms with van der Waals surface area (Å²) in [5.74, 6) is 0. The van der Waals surface area contributed by atoms with Gasteiger partial charge in [0.15, 0.2) is 0 Å². The van der Waals surface area contributed by atoms with E-state index in [4.69, 9.17) is 0 Å². The molecule has 1 aliphatic carbocycles. The highest BCUT2D eigenvalue weighted by atomic mass is 32.1. The third-order valence-electron chi connectivity index (χ3n) is 2.46. The summed E-state index contributed by atoms with van der Waals surface area (Å²) in [7, 11) is 0. The van der Waals surface area contributed by atoms with Crippen molar-refractivity contribution in [2.45, 2.75) is 38.8 Å². The lowest BCUT2D eigenvalue weighted by Gasteiger charge is -2.17. The van der Waals surface area contributed by atoms with Gasteiger partial charge in [0, 0.05) is 23.7 Å². The molecule has 1 N–H and O–H groups in total. The predicted octanol–water partition coefficient (Wildman–Crippen LogP) is 2.65. The van der Waals surface area contributed by atoms with Crippen LogP contribution in [0.2, 0.25) is 0 Å². The molecular weight excluding hydrogens is 192 g/mol. The zero-order valence-corrected chi connectivity index (χ0v) is 9.31. The summed E-state index contributed by atoms with van der Waals surface area (Å²) in [4.78, 5) is 5.58. The van der Waals surface area contributed by atoms with Crippen molar-refractivity contribution in [1.82, 2.24) is 10.3 Å². The predicted molar refractivity (Wildman–Crippen MR) is 60.5 cm³/mol. The molecule has 1 unspecified atom stereocenters. The molecular formula is C11H16N2S. The van der Waals surface area contributed by atoms with E-state index >= 15 is 0 Å². The van der Waals surface area contributed by atoms with Crippen LogP contribution in [0.15, 0.2) is 18.3 Å². The van der Waals surface area contributed by atoms with Gasteiger partial charge in [0.1, 0.15) is 0 Å². The van der Waals surface area contributed by atoms with Crippen LogP contribution in [-0.2, 0) is 6.54 Å². The molecule has 1 heterocycles.